The van der Waals surface area contributed by atoms with E-state index in [1.165, 1.54) is 199 Å². The summed E-state index contributed by atoms with van der Waals surface area (Å²) in [5.74, 6) is 0.505. The van der Waals surface area contributed by atoms with Gasteiger partial charge in [-0.1, -0.05) is 188 Å². The molecule has 0 fully saturated rings. The number of nitrogens with zero attached hydrogens (tertiary/aromatic N) is 1. The first-order valence-electron chi connectivity index (χ1n) is 22.3. The molecule has 0 aromatic carbocycles. The molecule has 0 radical (unpaired) electrons. The summed E-state index contributed by atoms with van der Waals surface area (Å²) in [7, 11) is 2.25. The highest BCUT2D eigenvalue weighted by molar-refractivity contribution is 5.78. The first-order valence-corrected chi connectivity index (χ1v) is 22.3. The fourth-order valence-electron chi connectivity index (χ4n) is 6.75. The Hall–Kier alpha value is -0.900. The summed E-state index contributed by atoms with van der Waals surface area (Å²) in [6.07, 6.45) is 44.9. The highest BCUT2D eigenvalue weighted by atomic mass is 16.5. The average Bonchev–Trinajstić information content (AvgIpc) is 3.10. The Kier molecular flexibility index (Phi) is 46.2. The van der Waals surface area contributed by atoms with Gasteiger partial charge in [0.2, 0.25) is 0 Å². The van der Waals surface area contributed by atoms with E-state index in [1.54, 1.807) is 0 Å². The fourth-order valence-corrected chi connectivity index (χ4v) is 6.75. The lowest BCUT2D eigenvalue weighted by molar-refractivity contribution is -0.134. The standard InChI is InChI=1S/C27H55NO.C18H36O2/c1-4-6-8-10-12-13-14-15-16-19-23-27(29)24-20-18-22-26-28(3)25-21-17-11-9-7-5-2;1-3-5-7-9-11-13-15-18(20-17-19)16-14-12-10-8-6-4-2/h4-26H2,1-3H3;17-18H,3-16H2,1-2H3. The molecule has 0 aromatic rings. The molecule has 0 spiro atoms. The molecule has 0 saturated heterocycles. The molecule has 0 N–H and O–H groups in total. The van der Waals surface area contributed by atoms with Gasteiger partial charge in [-0.2, -0.15) is 0 Å². The maximum Gasteiger partial charge on any atom is 0.293 e. The summed E-state index contributed by atoms with van der Waals surface area (Å²) in [6, 6.07) is 0. The minimum atomic E-state index is 0.171. The van der Waals surface area contributed by atoms with Gasteiger partial charge in [0, 0.05) is 12.8 Å². The normalized spacial score (nSPS) is 11.2. The van der Waals surface area contributed by atoms with Gasteiger partial charge in [0.1, 0.15) is 11.9 Å². The number of ketones is 1. The third kappa shape index (κ3) is 45.1. The van der Waals surface area contributed by atoms with Crippen LogP contribution in [-0.2, 0) is 14.3 Å². The Balaban J connectivity index is 0. The first kappa shape index (κ1) is 50.2. The number of carbonyl (C=O) groups excluding carboxylic acids is 2. The van der Waals surface area contributed by atoms with Crippen molar-refractivity contribution in [2.24, 2.45) is 0 Å². The Labute approximate surface area is 309 Å². The van der Waals surface area contributed by atoms with Gasteiger partial charge in [-0.3, -0.25) is 9.59 Å². The van der Waals surface area contributed by atoms with Crippen LogP contribution in [0.3, 0.4) is 0 Å². The lowest BCUT2D eigenvalue weighted by Crippen LogP contribution is -2.20. The molecule has 0 bridgehead atoms. The van der Waals surface area contributed by atoms with E-state index in [1.807, 2.05) is 0 Å². The second-order valence-electron chi connectivity index (χ2n) is 15.3. The molecule has 4 heteroatoms. The maximum absolute atomic E-state index is 12.0. The smallest absolute Gasteiger partial charge is 0.293 e. The van der Waals surface area contributed by atoms with Crippen molar-refractivity contribution in [3.8, 4) is 0 Å². The molecule has 0 aliphatic heterocycles. The highest BCUT2D eigenvalue weighted by Gasteiger charge is 2.09. The summed E-state index contributed by atoms with van der Waals surface area (Å²) in [4.78, 5) is 25.0. The first-order chi connectivity index (χ1) is 24.0. The average molecular weight is 694 g/mol. The van der Waals surface area contributed by atoms with Gasteiger partial charge in [-0.15, -0.1) is 0 Å². The summed E-state index contributed by atoms with van der Waals surface area (Å²) in [5.41, 5.74) is 0. The zero-order valence-corrected chi connectivity index (χ0v) is 34.5. The van der Waals surface area contributed by atoms with Gasteiger partial charge < -0.3 is 9.64 Å². The van der Waals surface area contributed by atoms with Crippen molar-refractivity contribution in [2.75, 3.05) is 20.1 Å². The van der Waals surface area contributed by atoms with Crippen molar-refractivity contribution in [3.05, 3.63) is 0 Å². The number of ether oxygens (including phenoxy) is 1. The molecule has 0 unspecified atom stereocenters. The van der Waals surface area contributed by atoms with Crippen LogP contribution in [0.5, 0.6) is 0 Å². The van der Waals surface area contributed by atoms with Crippen molar-refractivity contribution in [3.63, 3.8) is 0 Å². The van der Waals surface area contributed by atoms with Crippen LogP contribution in [0.4, 0.5) is 0 Å². The van der Waals surface area contributed by atoms with E-state index in [0.717, 1.165) is 38.5 Å². The predicted octanol–water partition coefficient (Wildman–Crippen LogP) is 14.7. The Morgan fingerprint density at radius 3 is 1.08 bits per heavy atom. The molecule has 294 valence electrons. The number of Topliss-reactive ketones (excluding diaryl/α,β-unsaturated/α-hetero) is 1. The van der Waals surface area contributed by atoms with Gasteiger partial charge >= 0.3 is 0 Å². The van der Waals surface area contributed by atoms with Crippen LogP contribution in [-0.4, -0.2) is 43.4 Å². The Bertz CT molecular complexity index is 608. The van der Waals surface area contributed by atoms with Crippen molar-refractivity contribution in [1.82, 2.24) is 4.90 Å². The molecule has 0 atom stereocenters. The molecule has 0 saturated carbocycles. The van der Waals surface area contributed by atoms with Crippen molar-refractivity contribution >= 4 is 12.3 Å². The lowest BCUT2D eigenvalue weighted by atomic mass is 10.0. The van der Waals surface area contributed by atoms with Crippen molar-refractivity contribution in [2.45, 2.75) is 259 Å². The van der Waals surface area contributed by atoms with E-state index >= 15 is 0 Å². The number of hydrogen-bond acceptors (Lipinski definition) is 4. The van der Waals surface area contributed by atoms with E-state index in [9.17, 15) is 9.59 Å². The molecule has 4 nitrogen and oxygen atoms in total. The van der Waals surface area contributed by atoms with Crippen molar-refractivity contribution < 1.29 is 14.3 Å². The van der Waals surface area contributed by atoms with Crippen LogP contribution in [0.2, 0.25) is 0 Å². The monoisotopic (exact) mass is 694 g/mol. The molecule has 0 heterocycles. The van der Waals surface area contributed by atoms with Gasteiger partial charge in [0.05, 0.1) is 0 Å². The predicted molar refractivity (Wildman–Crippen MR) is 218 cm³/mol. The van der Waals surface area contributed by atoms with Crippen LogP contribution in [0.15, 0.2) is 0 Å². The molecular formula is C45H91NO3. The van der Waals surface area contributed by atoms with E-state index in [2.05, 4.69) is 39.6 Å². The molecule has 0 aromatic heterocycles. The molecule has 0 aliphatic carbocycles. The van der Waals surface area contributed by atoms with Crippen LogP contribution in [0.25, 0.3) is 0 Å². The largest absolute Gasteiger partial charge is 0.465 e. The SMILES string of the molecule is CCCCCCCCC(CCCCCCCC)OC=O.CCCCCCCCCCCCC(=O)CCCCCN(C)CCCCCCCC. The molecule has 49 heavy (non-hydrogen) atoms. The van der Waals surface area contributed by atoms with Crippen LogP contribution >= 0.6 is 0 Å². The van der Waals surface area contributed by atoms with Gasteiger partial charge in [0.15, 0.2) is 0 Å². The van der Waals surface area contributed by atoms with Gasteiger partial charge in [-0.05, 0) is 71.5 Å². The molecule has 0 aliphatic rings. The maximum atomic E-state index is 12.0. The topological polar surface area (TPSA) is 46.6 Å². The third-order valence-corrected chi connectivity index (χ3v) is 10.2. The van der Waals surface area contributed by atoms with Crippen LogP contribution in [0.1, 0.15) is 252 Å². The number of unbranched alkanes of at least 4 members (excludes halogenated alkanes) is 26. The lowest BCUT2D eigenvalue weighted by Gasteiger charge is -2.16. The summed E-state index contributed by atoms with van der Waals surface area (Å²) in [5, 5.41) is 0. The molecule has 0 amide bonds. The zero-order chi connectivity index (χ0) is 36.3. The van der Waals surface area contributed by atoms with E-state index in [4.69, 9.17) is 4.74 Å². The second-order valence-corrected chi connectivity index (χ2v) is 15.3. The summed E-state index contributed by atoms with van der Waals surface area (Å²) >= 11 is 0. The highest BCUT2D eigenvalue weighted by Crippen LogP contribution is 2.17. The Morgan fingerprint density at radius 1 is 0.449 bits per heavy atom. The van der Waals surface area contributed by atoms with Gasteiger partial charge in [-0.25, -0.2) is 0 Å². The minimum absolute atomic E-state index is 0.171. The summed E-state index contributed by atoms with van der Waals surface area (Å²) in [6.45, 7) is 12.1. The van der Waals surface area contributed by atoms with Crippen LogP contribution in [0, 0.1) is 0 Å². The van der Waals surface area contributed by atoms with Crippen LogP contribution < -0.4 is 0 Å². The van der Waals surface area contributed by atoms with E-state index in [0.29, 0.717) is 12.3 Å². The number of hydrogen-bond donors (Lipinski definition) is 0. The quantitative estimate of drug-likeness (QED) is 0.0473. The number of rotatable bonds is 40. The summed E-state index contributed by atoms with van der Waals surface area (Å²) < 4.78 is 5.22. The molecule has 0 rings (SSSR count). The fraction of sp³-hybridized carbons (Fsp3) is 0.956. The zero-order valence-electron chi connectivity index (χ0n) is 34.5. The molecular weight excluding hydrogens is 602 g/mol. The third-order valence-electron chi connectivity index (χ3n) is 10.2. The Morgan fingerprint density at radius 2 is 0.735 bits per heavy atom. The second kappa shape index (κ2) is 45.1. The minimum Gasteiger partial charge on any atom is -0.465 e. The van der Waals surface area contributed by atoms with Gasteiger partial charge in [0.25, 0.3) is 6.47 Å². The number of carbonyl (C=O) groups is 2. The van der Waals surface area contributed by atoms with E-state index < -0.39 is 0 Å². The van der Waals surface area contributed by atoms with Crippen molar-refractivity contribution in [1.29, 1.82) is 0 Å². The van der Waals surface area contributed by atoms with E-state index in [-0.39, 0.29) is 6.10 Å².